The number of rotatable bonds is 3. The normalized spacial score (nSPS) is 16.2. The highest BCUT2D eigenvalue weighted by atomic mass is 32.1. The van der Waals surface area contributed by atoms with Gasteiger partial charge in [-0.15, -0.1) is 0 Å². The molecule has 2 aromatic rings. The van der Waals surface area contributed by atoms with Crippen LogP contribution in [0.2, 0.25) is 0 Å². The van der Waals surface area contributed by atoms with Crippen LogP contribution in [0.3, 0.4) is 0 Å². The standard InChI is InChI=1S/C18H13FN2O3S/c1-24-14-8-2-11(3-9-14)10-15-16(22)20-18(25)21(17(15)23)13-6-4-12(19)5-7-13/h2-10H,1H3,(H,20,22,25). The van der Waals surface area contributed by atoms with Crippen LogP contribution in [-0.2, 0) is 9.59 Å². The Morgan fingerprint density at radius 3 is 2.32 bits per heavy atom. The van der Waals surface area contributed by atoms with Gasteiger partial charge >= 0.3 is 0 Å². The zero-order valence-corrected chi connectivity index (χ0v) is 14.0. The predicted octanol–water partition coefficient (Wildman–Crippen LogP) is 2.67. The molecule has 0 aliphatic carbocycles. The number of hydrogen-bond acceptors (Lipinski definition) is 4. The molecule has 1 aliphatic rings. The number of anilines is 1. The van der Waals surface area contributed by atoms with Crippen molar-refractivity contribution in [2.45, 2.75) is 0 Å². The number of thiocarbonyl (C=S) groups is 1. The summed E-state index contributed by atoms with van der Waals surface area (Å²) < 4.78 is 18.2. The van der Waals surface area contributed by atoms with Crippen molar-refractivity contribution < 1.29 is 18.7 Å². The van der Waals surface area contributed by atoms with E-state index in [1.165, 1.54) is 30.3 Å². The van der Waals surface area contributed by atoms with E-state index in [-0.39, 0.29) is 10.7 Å². The third-order valence-electron chi connectivity index (χ3n) is 3.61. The van der Waals surface area contributed by atoms with Crippen molar-refractivity contribution in [3.05, 3.63) is 65.5 Å². The van der Waals surface area contributed by atoms with Crippen LogP contribution in [0.1, 0.15) is 5.56 Å². The SMILES string of the molecule is COc1ccc(C=C2C(=O)NC(=S)N(c3ccc(F)cc3)C2=O)cc1. The van der Waals surface area contributed by atoms with Crippen LogP contribution in [0.15, 0.2) is 54.1 Å². The Hall–Kier alpha value is -3.06. The van der Waals surface area contributed by atoms with Crippen LogP contribution >= 0.6 is 12.2 Å². The minimum atomic E-state index is -0.579. The van der Waals surface area contributed by atoms with E-state index in [0.29, 0.717) is 17.0 Å². The average Bonchev–Trinajstić information content (AvgIpc) is 2.60. The summed E-state index contributed by atoms with van der Waals surface area (Å²) in [5.74, 6) is -0.923. The molecule has 2 aromatic carbocycles. The lowest BCUT2D eigenvalue weighted by molar-refractivity contribution is -0.122. The van der Waals surface area contributed by atoms with Crippen molar-refractivity contribution in [1.82, 2.24) is 5.32 Å². The van der Waals surface area contributed by atoms with Crippen LogP contribution in [0.4, 0.5) is 10.1 Å². The van der Waals surface area contributed by atoms with Gasteiger partial charge in [0, 0.05) is 0 Å². The van der Waals surface area contributed by atoms with E-state index >= 15 is 0 Å². The Morgan fingerprint density at radius 1 is 1.08 bits per heavy atom. The molecule has 2 amide bonds. The monoisotopic (exact) mass is 356 g/mol. The number of hydrogen-bond donors (Lipinski definition) is 1. The Kier molecular flexibility index (Phi) is 4.58. The summed E-state index contributed by atoms with van der Waals surface area (Å²) in [6, 6.07) is 12.2. The molecule has 0 aromatic heterocycles. The second kappa shape index (κ2) is 6.82. The van der Waals surface area contributed by atoms with Gasteiger partial charge in [0.25, 0.3) is 11.8 Å². The fourth-order valence-corrected chi connectivity index (χ4v) is 2.63. The lowest BCUT2D eigenvalue weighted by Gasteiger charge is -2.28. The maximum absolute atomic E-state index is 13.1. The summed E-state index contributed by atoms with van der Waals surface area (Å²) in [7, 11) is 1.55. The Bertz CT molecular complexity index is 876. The fourth-order valence-electron chi connectivity index (χ4n) is 2.35. The molecule has 0 saturated carbocycles. The first-order chi connectivity index (χ1) is 12.0. The summed E-state index contributed by atoms with van der Waals surface area (Å²) in [6.45, 7) is 0. The summed E-state index contributed by atoms with van der Waals surface area (Å²) in [5, 5.41) is 2.43. The molecule has 7 heteroatoms. The molecule has 1 saturated heterocycles. The first-order valence-corrected chi connectivity index (χ1v) is 7.71. The molecule has 5 nitrogen and oxygen atoms in total. The van der Waals surface area contributed by atoms with Crippen LogP contribution in [-0.4, -0.2) is 24.0 Å². The van der Waals surface area contributed by atoms with Crippen LogP contribution in [0.5, 0.6) is 5.75 Å². The molecule has 0 atom stereocenters. The maximum Gasteiger partial charge on any atom is 0.270 e. The number of nitrogens with one attached hydrogen (secondary N) is 1. The molecule has 1 heterocycles. The van der Waals surface area contributed by atoms with Gasteiger partial charge < -0.3 is 4.74 Å². The van der Waals surface area contributed by atoms with Gasteiger partial charge in [0.1, 0.15) is 17.1 Å². The predicted molar refractivity (Wildman–Crippen MR) is 95.6 cm³/mol. The van der Waals surface area contributed by atoms with E-state index < -0.39 is 17.6 Å². The van der Waals surface area contributed by atoms with Crippen LogP contribution in [0, 0.1) is 5.82 Å². The quantitative estimate of drug-likeness (QED) is 0.522. The zero-order chi connectivity index (χ0) is 18.0. The number of halogens is 1. The molecule has 25 heavy (non-hydrogen) atoms. The fraction of sp³-hybridized carbons (Fsp3) is 0.0556. The topological polar surface area (TPSA) is 58.6 Å². The van der Waals surface area contributed by atoms with Gasteiger partial charge in [0.15, 0.2) is 5.11 Å². The smallest absolute Gasteiger partial charge is 0.270 e. The number of methoxy groups -OCH3 is 1. The van der Waals surface area contributed by atoms with Crippen molar-refractivity contribution in [1.29, 1.82) is 0 Å². The number of nitrogens with zero attached hydrogens (tertiary/aromatic N) is 1. The van der Waals surface area contributed by atoms with Gasteiger partial charge in [-0.25, -0.2) is 4.39 Å². The van der Waals surface area contributed by atoms with E-state index in [4.69, 9.17) is 17.0 Å². The molecule has 126 valence electrons. The molecule has 0 spiro atoms. The van der Waals surface area contributed by atoms with E-state index in [1.54, 1.807) is 31.4 Å². The van der Waals surface area contributed by atoms with E-state index in [2.05, 4.69) is 5.32 Å². The lowest BCUT2D eigenvalue weighted by Crippen LogP contribution is -2.54. The number of ether oxygens (including phenoxy) is 1. The van der Waals surface area contributed by atoms with Gasteiger partial charge in [0.05, 0.1) is 12.8 Å². The molecule has 0 radical (unpaired) electrons. The lowest BCUT2D eigenvalue weighted by atomic mass is 10.1. The Labute approximate surface area is 148 Å². The minimum Gasteiger partial charge on any atom is -0.497 e. The van der Waals surface area contributed by atoms with Crippen molar-refractivity contribution in [2.75, 3.05) is 12.0 Å². The van der Waals surface area contributed by atoms with E-state index in [0.717, 1.165) is 4.90 Å². The molecule has 1 aliphatic heterocycles. The Morgan fingerprint density at radius 2 is 1.72 bits per heavy atom. The van der Waals surface area contributed by atoms with Crippen molar-refractivity contribution in [3.8, 4) is 5.75 Å². The molecular weight excluding hydrogens is 343 g/mol. The van der Waals surface area contributed by atoms with E-state index in [9.17, 15) is 14.0 Å². The molecule has 3 rings (SSSR count). The second-order valence-corrected chi connectivity index (χ2v) is 5.59. The minimum absolute atomic E-state index is 0.0477. The summed E-state index contributed by atoms with van der Waals surface area (Å²) >= 11 is 5.08. The third-order valence-corrected chi connectivity index (χ3v) is 3.90. The van der Waals surface area contributed by atoms with Crippen LogP contribution in [0.25, 0.3) is 6.08 Å². The van der Waals surface area contributed by atoms with Crippen molar-refractivity contribution >= 4 is 40.9 Å². The molecule has 0 bridgehead atoms. The first kappa shape index (κ1) is 16.8. The molecule has 1 N–H and O–H groups in total. The largest absolute Gasteiger partial charge is 0.497 e. The van der Waals surface area contributed by atoms with E-state index in [1.807, 2.05) is 0 Å². The van der Waals surface area contributed by atoms with Crippen molar-refractivity contribution in [2.24, 2.45) is 0 Å². The maximum atomic E-state index is 13.1. The molecule has 0 unspecified atom stereocenters. The summed E-state index contributed by atoms with van der Waals surface area (Å²) in [6.07, 6.45) is 1.47. The first-order valence-electron chi connectivity index (χ1n) is 7.30. The number of amides is 2. The van der Waals surface area contributed by atoms with Gasteiger partial charge in [-0.2, -0.15) is 0 Å². The molecule has 1 fully saturated rings. The summed E-state index contributed by atoms with van der Waals surface area (Å²) in [4.78, 5) is 26.1. The van der Waals surface area contributed by atoms with Gasteiger partial charge in [-0.3, -0.25) is 19.8 Å². The Balaban J connectivity index is 1.97. The third kappa shape index (κ3) is 3.41. The highest BCUT2D eigenvalue weighted by Crippen LogP contribution is 2.22. The van der Waals surface area contributed by atoms with Gasteiger partial charge in [-0.05, 0) is 60.3 Å². The highest BCUT2D eigenvalue weighted by Gasteiger charge is 2.34. The highest BCUT2D eigenvalue weighted by molar-refractivity contribution is 7.80. The van der Waals surface area contributed by atoms with Gasteiger partial charge in [-0.1, -0.05) is 12.1 Å². The van der Waals surface area contributed by atoms with Gasteiger partial charge in [0.2, 0.25) is 0 Å². The second-order valence-electron chi connectivity index (χ2n) is 5.21. The van der Waals surface area contributed by atoms with Crippen LogP contribution < -0.4 is 15.0 Å². The average molecular weight is 356 g/mol. The summed E-state index contributed by atoms with van der Waals surface area (Å²) in [5.41, 5.74) is 0.964. The number of carbonyl (C=O) groups excluding carboxylic acids is 2. The zero-order valence-electron chi connectivity index (χ0n) is 13.2. The number of carbonyl (C=O) groups is 2. The number of benzene rings is 2. The molecular formula is C18H13FN2O3S. The van der Waals surface area contributed by atoms with Crippen molar-refractivity contribution in [3.63, 3.8) is 0 Å².